The van der Waals surface area contributed by atoms with Gasteiger partial charge in [0.2, 0.25) is 0 Å². The minimum Gasteiger partial charge on any atom is -0.289 e. The second kappa shape index (κ2) is 3.78. The van der Waals surface area contributed by atoms with E-state index in [-0.39, 0.29) is 0 Å². The van der Waals surface area contributed by atoms with Crippen molar-refractivity contribution in [3.63, 3.8) is 0 Å². The van der Waals surface area contributed by atoms with Gasteiger partial charge in [0.05, 0.1) is 6.54 Å². The maximum Gasteiger partial charge on any atom is 0.0573 e. The van der Waals surface area contributed by atoms with E-state index in [1.807, 2.05) is 18.2 Å². The minimum atomic E-state index is 0.746. The van der Waals surface area contributed by atoms with E-state index in [2.05, 4.69) is 9.98 Å². The summed E-state index contributed by atoms with van der Waals surface area (Å²) in [6.45, 7) is 0.746. The van der Waals surface area contributed by atoms with Crippen LogP contribution in [0.15, 0.2) is 34.4 Å². The summed E-state index contributed by atoms with van der Waals surface area (Å²) in [5.41, 5.74) is 0. The number of rotatable bonds is 0. The number of hydrogen-bond donors (Lipinski definition) is 0. The summed E-state index contributed by atoms with van der Waals surface area (Å²) in [4.78, 5) is 7.92. The van der Waals surface area contributed by atoms with Crippen LogP contribution in [0.25, 0.3) is 0 Å². The summed E-state index contributed by atoms with van der Waals surface area (Å²) in [5, 5.41) is 0. The van der Waals surface area contributed by atoms with Crippen LogP contribution >= 0.6 is 0 Å². The molecular weight excluding hydrogens is 112 g/mol. The van der Waals surface area contributed by atoms with Crippen LogP contribution in [0.1, 0.15) is 0 Å². The molecule has 0 aromatic heterocycles. The lowest BCUT2D eigenvalue weighted by Gasteiger charge is -1.75. The lowest BCUT2D eigenvalue weighted by Crippen LogP contribution is -1.70. The van der Waals surface area contributed by atoms with Crippen molar-refractivity contribution in [3.05, 3.63) is 24.4 Å². The Morgan fingerprint density at radius 1 is 1.11 bits per heavy atom. The molecule has 0 saturated heterocycles. The predicted molar refractivity (Wildman–Crippen MR) is 40.1 cm³/mol. The molecule has 0 aromatic carbocycles. The molecule has 0 saturated carbocycles. The Balaban J connectivity index is 2.60. The lowest BCUT2D eigenvalue weighted by atomic mass is 10.5. The van der Waals surface area contributed by atoms with Gasteiger partial charge in [-0.1, -0.05) is 6.08 Å². The normalized spacial score (nSPS) is 27.6. The second-order valence-corrected chi connectivity index (χ2v) is 1.58. The van der Waals surface area contributed by atoms with Crippen LogP contribution < -0.4 is 0 Å². The first-order valence-electron chi connectivity index (χ1n) is 2.83. The van der Waals surface area contributed by atoms with Gasteiger partial charge < -0.3 is 0 Å². The molecule has 1 aliphatic rings. The van der Waals surface area contributed by atoms with Gasteiger partial charge in [0, 0.05) is 18.6 Å². The summed E-state index contributed by atoms with van der Waals surface area (Å²) in [7, 11) is 0. The molecule has 0 spiro atoms. The van der Waals surface area contributed by atoms with E-state index in [1.165, 1.54) is 0 Å². The standard InChI is InChI=1S/C7H8N2/c1-2-5-9-7-3-6-8-4-1/h1-4,6-7H,5H2/b2-1-,6-3-,8-4-,9-7?. The molecule has 1 heterocycles. The van der Waals surface area contributed by atoms with E-state index in [0.29, 0.717) is 0 Å². The topological polar surface area (TPSA) is 24.7 Å². The Morgan fingerprint density at radius 3 is 3.11 bits per heavy atom. The van der Waals surface area contributed by atoms with Crippen LogP contribution in [0.3, 0.4) is 0 Å². The molecule has 0 radical (unpaired) electrons. The van der Waals surface area contributed by atoms with E-state index >= 15 is 0 Å². The summed E-state index contributed by atoms with van der Waals surface area (Å²) < 4.78 is 0. The molecule has 0 N–H and O–H groups in total. The highest BCUT2D eigenvalue weighted by Gasteiger charge is 1.70. The Bertz CT molecular complexity index is 155. The van der Waals surface area contributed by atoms with Crippen LogP contribution in [-0.2, 0) is 0 Å². The molecule has 0 bridgehead atoms. The van der Waals surface area contributed by atoms with Crippen molar-refractivity contribution in [1.29, 1.82) is 0 Å². The zero-order chi connectivity index (χ0) is 6.36. The van der Waals surface area contributed by atoms with Gasteiger partial charge in [-0.3, -0.25) is 9.98 Å². The molecule has 1 rings (SSSR count). The van der Waals surface area contributed by atoms with Crippen molar-refractivity contribution < 1.29 is 0 Å². The average molecular weight is 120 g/mol. The van der Waals surface area contributed by atoms with Gasteiger partial charge in [0.1, 0.15) is 0 Å². The highest BCUT2D eigenvalue weighted by molar-refractivity contribution is 5.75. The third-order valence-electron chi connectivity index (χ3n) is 0.883. The quantitative estimate of drug-likeness (QED) is 0.459. The van der Waals surface area contributed by atoms with Gasteiger partial charge in [0.15, 0.2) is 0 Å². The maximum atomic E-state index is 4.01. The van der Waals surface area contributed by atoms with Crippen molar-refractivity contribution in [1.82, 2.24) is 0 Å². The molecule has 1 aliphatic heterocycles. The molecule has 0 atom stereocenters. The first-order chi connectivity index (χ1) is 4.50. The Hall–Kier alpha value is -1.18. The van der Waals surface area contributed by atoms with Gasteiger partial charge in [-0.25, -0.2) is 0 Å². The highest BCUT2D eigenvalue weighted by Crippen LogP contribution is 1.79. The molecule has 0 aromatic rings. The molecular formula is C7H8N2. The highest BCUT2D eigenvalue weighted by atomic mass is 14.7. The third-order valence-corrected chi connectivity index (χ3v) is 0.883. The second-order valence-electron chi connectivity index (χ2n) is 1.58. The number of aliphatic imine (C=N–C) groups is 2. The van der Waals surface area contributed by atoms with Crippen LogP contribution in [0.2, 0.25) is 0 Å². The third kappa shape index (κ3) is 2.59. The first-order valence-corrected chi connectivity index (χ1v) is 2.83. The fraction of sp³-hybridized carbons (Fsp3) is 0.143. The van der Waals surface area contributed by atoms with Crippen molar-refractivity contribution >= 4 is 12.4 Å². The van der Waals surface area contributed by atoms with Crippen molar-refractivity contribution in [2.45, 2.75) is 0 Å². The van der Waals surface area contributed by atoms with Crippen LogP contribution in [-0.4, -0.2) is 19.0 Å². The monoisotopic (exact) mass is 120 g/mol. The lowest BCUT2D eigenvalue weighted by molar-refractivity contribution is 1.26. The predicted octanol–water partition coefficient (Wildman–Crippen LogP) is 1.21. The molecule has 2 heteroatoms. The SMILES string of the molecule is C1=NC\C=C/C=N\C=C/1. The molecule has 46 valence electrons. The average Bonchev–Trinajstić information content (AvgIpc) is 2.00. The van der Waals surface area contributed by atoms with E-state index in [4.69, 9.17) is 0 Å². The van der Waals surface area contributed by atoms with Crippen molar-refractivity contribution in [3.8, 4) is 0 Å². The van der Waals surface area contributed by atoms with Crippen LogP contribution in [0.5, 0.6) is 0 Å². The Morgan fingerprint density at radius 2 is 2.11 bits per heavy atom. The maximum absolute atomic E-state index is 4.01. The number of hydrogen-bond acceptors (Lipinski definition) is 2. The summed E-state index contributed by atoms with van der Waals surface area (Å²) in [6.07, 6.45) is 10.8. The number of allylic oxidation sites excluding steroid dienone is 2. The number of nitrogens with zero attached hydrogens (tertiary/aromatic N) is 2. The molecule has 0 fully saturated rings. The van der Waals surface area contributed by atoms with Gasteiger partial charge in [-0.15, -0.1) is 0 Å². The zero-order valence-corrected chi connectivity index (χ0v) is 5.07. The minimum absolute atomic E-state index is 0.746. The first kappa shape index (κ1) is 5.95. The Kier molecular flexibility index (Phi) is 2.50. The fourth-order valence-electron chi connectivity index (χ4n) is 0.492. The van der Waals surface area contributed by atoms with Gasteiger partial charge >= 0.3 is 0 Å². The molecule has 9 heavy (non-hydrogen) atoms. The van der Waals surface area contributed by atoms with Crippen molar-refractivity contribution in [2.24, 2.45) is 9.98 Å². The van der Waals surface area contributed by atoms with E-state index < -0.39 is 0 Å². The van der Waals surface area contributed by atoms with Gasteiger partial charge in [-0.05, 0) is 12.2 Å². The molecule has 2 nitrogen and oxygen atoms in total. The van der Waals surface area contributed by atoms with Crippen molar-refractivity contribution in [2.75, 3.05) is 6.54 Å². The van der Waals surface area contributed by atoms with E-state index in [1.54, 1.807) is 18.6 Å². The van der Waals surface area contributed by atoms with E-state index in [0.717, 1.165) is 6.54 Å². The van der Waals surface area contributed by atoms with Crippen LogP contribution in [0.4, 0.5) is 0 Å². The van der Waals surface area contributed by atoms with Gasteiger partial charge in [0.25, 0.3) is 0 Å². The Labute approximate surface area is 54.3 Å². The summed E-state index contributed by atoms with van der Waals surface area (Å²) >= 11 is 0. The van der Waals surface area contributed by atoms with Crippen LogP contribution in [0, 0.1) is 0 Å². The largest absolute Gasteiger partial charge is 0.289 e. The van der Waals surface area contributed by atoms with E-state index in [9.17, 15) is 0 Å². The summed E-state index contributed by atoms with van der Waals surface area (Å²) in [6, 6.07) is 0. The summed E-state index contributed by atoms with van der Waals surface area (Å²) in [5.74, 6) is 0. The van der Waals surface area contributed by atoms with Gasteiger partial charge in [-0.2, -0.15) is 0 Å². The fourth-order valence-corrected chi connectivity index (χ4v) is 0.492. The molecule has 0 unspecified atom stereocenters. The molecule has 0 aliphatic carbocycles. The smallest absolute Gasteiger partial charge is 0.0573 e. The zero-order valence-electron chi connectivity index (χ0n) is 5.07. The molecule has 0 amide bonds.